The van der Waals surface area contributed by atoms with Gasteiger partial charge in [0.15, 0.2) is 0 Å². The van der Waals surface area contributed by atoms with Crippen molar-refractivity contribution in [3.05, 3.63) is 29.8 Å². The number of para-hydroxylation sites is 1. The van der Waals surface area contributed by atoms with Gasteiger partial charge in [0, 0.05) is 38.0 Å². The normalized spacial score (nSPS) is 25.8. The zero-order valence-corrected chi connectivity index (χ0v) is 10.2. The number of ether oxygens (including phenoxy) is 1. The predicted molar refractivity (Wildman–Crippen MR) is 69.4 cm³/mol. The maximum Gasteiger partial charge on any atom is 0.0593 e. The van der Waals surface area contributed by atoms with E-state index in [0.717, 1.165) is 32.7 Å². The first-order valence-corrected chi connectivity index (χ1v) is 6.57. The molecule has 1 N–H and O–H groups in total. The number of anilines is 1. The van der Waals surface area contributed by atoms with Crippen LogP contribution in [-0.4, -0.2) is 43.8 Å². The third-order valence-corrected chi connectivity index (χ3v) is 3.77. The SMILES string of the molecule is c1ccc2c(c1)CC(N1CCCOCC1)CN2. The van der Waals surface area contributed by atoms with E-state index in [4.69, 9.17) is 4.74 Å². The van der Waals surface area contributed by atoms with Crippen LogP contribution < -0.4 is 5.32 Å². The molecule has 3 nitrogen and oxygen atoms in total. The van der Waals surface area contributed by atoms with Gasteiger partial charge >= 0.3 is 0 Å². The molecule has 1 aromatic carbocycles. The molecule has 0 aromatic heterocycles. The fourth-order valence-electron chi connectivity index (χ4n) is 2.81. The van der Waals surface area contributed by atoms with Crippen molar-refractivity contribution in [2.75, 3.05) is 38.2 Å². The molecule has 0 amide bonds. The summed E-state index contributed by atoms with van der Waals surface area (Å²) in [6.45, 7) is 5.13. The largest absolute Gasteiger partial charge is 0.383 e. The van der Waals surface area contributed by atoms with Crippen LogP contribution in [0.4, 0.5) is 5.69 Å². The highest BCUT2D eigenvalue weighted by molar-refractivity contribution is 5.53. The second-order valence-electron chi connectivity index (χ2n) is 4.90. The van der Waals surface area contributed by atoms with Crippen LogP contribution in [0.1, 0.15) is 12.0 Å². The lowest BCUT2D eigenvalue weighted by Gasteiger charge is -2.34. The number of benzene rings is 1. The van der Waals surface area contributed by atoms with Gasteiger partial charge in [-0.15, -0.1) is 0 Å². The molecule has 2 aliphatic heterocycles. The van der Waals surface area contributed by atoms with E-state index in [1.54, 1.807) is 0 Å². The number of hydrogen-bond acceptors (Lipinski definition) is 3. The summed E-state index contributed by atoms with van der Waals surface area (Å²) in [5.74, 6) is 0. The highest BCUT2D eigenvalue weighted by Gasteiger charge is 2.24. The Bertz CT molecular complexity index is 372. The standard InChI is InChI=1S/C14H20N2O/c1-2-5-14-12(4-1)10-13(11-15-14)16-6-3-8-17-9-7-16/h1-2,4-5,13,15H,3,6-11H2. The molecule has 1 fully saturated rings. The van der Waals surface area contributed by atoms with Gasteiger partial charge in [-0.2, -0.15) is 0 Å². The second-order valence-corrected chi connectivity index (χ2v) is 4.90. The molecule has 92 valence electrons. The number of hydrogen-bond donors (Lipinski definition) is 1. The Hall–Kier alpha value is -1.06. The van der Waals surface area contributed by atoms with E-state index < -0.39 is 0 Å². The molecular formula is C14H20N2O. The quantitative estimate of drug-likeness (QED) is 0.798. The molecule has 0 radical (unpaired) electrons. The van der Waals surface area contributed by atoms with E-state index in [-0.39, 0.29) is 0 Å². The summed E-state index contributed by atoms with van der Waals surface area (Å²) in [7, 11) is 0. The number of nitrogens with zero attached hydrogens (tertiary/aromatic N) is 1. The molecule has 1 aromatic rings. The van der Waals surface area contributed by atoms with Crippen LogP contribution in [-0.2, 0) is 11.2 Å². The van der Waals surface area contributed by atoms with Crippen molar-refractivity contribution in [3.8, 4) is 0 Å². The van der Waals surface area contributed by atoms with Crippen molar-refractivity contribution in [1.29, 1.82) is 0 Å². The van der Waals surface area contributed by atoms with E-state index in [9.17, 15) is 0 Å². The van der Waals surface area contributed by atoms with Crippen LogP contribution in [0.15, 0.2) is 24.3 Å². The topological polar surface area (TPSA) is 24.5 Å². The summed E-state index contributed by atoms with van der Waals surface area (Å²) in [5.41, 5.74) is 2.77. The molecule has 2 heterocycles. The molecule has 0 aliphatic carbocycles. The third kappa shape index (κ3) is 2.45. The Morgan fingerprint density at radius 2 is 2.12 bits per heavy atom. The Labute approximate surface area is 103 Å². The third-order valence-electron chi connectivity index (χ3n) is 3.77. The van der Waals surface area contributed by atoms with Gasteiger partial charge in [-0.3, -0.25) is 4.90 Å². The molecule has 1 saturated heterocycles. The van der Waals surface area contributed by atoms with E-state index in [2.05, 4.69) is 34.5 Å². The molecular weight excluding hydrogens is 212 g/mol. The van der Waals surface area contributed by atoms with Gasteiger partial charge in [0.25, 0.3) is 0 Å². The van der Waals surface area contributed by atoms with Crippen LogP contribution in [0.3, 0.4) is 0 Å². The van der Waals surface area contributed by atoms with Crippen LogP contribution in [0.2, 0.25) is 0 Å². The minimum absolute atomic E-state index is 0.631. The smallest absolute Gasteiger partial charge is 0.0593 e. The van der Waals surface area contributed by atoms with Crippen molar-refractivity contribution in [1.82, 2.24) is 4.90 Å². The fraction of sp³-hybridized carbons (Fsp3) is 0.571. The molecule has 2 aliphatic rings. The molecule has 3 rings (SSSR count). The first kappa shape index (κ1) is 11.1. The van der Waals surface area contributed by atoms with Gasteiger partial charge in [-0.1, -0.05) is 18.2 Å². The van der Waals surface area contributed by atoms with Crippen LogP contribution >= 0.6 is 0 Å². The second kappa shape index (κ2) is 5.07. The summed E-state index contributed by atoms with van der Waals surface area (Å²) >= 11 is 0. The summed E-state index contributed by atoms with van der Waals surface area (Å²) in [6, 6.07) is 9.28. The van der Waals surface area contributed by atoms with Gasteiger partial charge in [0.05, 0.1) is 6.61 Å². The van der Waals surface area contributed by atoms with Gasteiger partial charge in [0.2, 0.25) is 0 Å². The lowest BCUT2D eigenvalue weighted by Crippen LogP contribution is -2.45. The summed E-state index contributed by atoms with van der Waals surface area (Å²) in [4.78, 5) is 2.58. The first-order chi connectivity index (χ1) is 8.43. The minimum atomic E-state index is 0.631. The first-order valence-electron chi connectivity index (χ1n) is 6.57. The maximum absolute atomic E-state index is 5.52. The molecule has 1 unspecified atom stereocenters. The molecule has 0 saturated carbocycles. The van der Waals surface area contributed by atoms with Crippen molar-refractivity contribution >= 4 is 5.69 Å². The Balaban J connectivity index is 1.70. The Morgan fingerprint density at radius 3 is 3.12 bits per heavy atom. The summed E-state index contributed by atoms with van der Waals surface area (Å²) < 4.78 is 5.52. The van der Waals surface area contributed by atoms with E-state index >= 15 is 0 Å². The molecule has 1 atom stereocenters. The maximum atomic E-state index is 5.52. The van der Waals surface area contributed by atoms with Crippen molar-refractivity contribution in [2.45, 2.75) is 18.9 Å². The zero-order valence-electron chi connectivity index (χ0n) is 10.2. The Kier molecular flexibility index (Phi) is 3.29. The van der Waals surface area contributed by atoms with Crippen molar-refractivity contribution in [3.63, 3.8) is 0 Å². The zero-order chi connectivity index (χ0) is 11.5. The van der Waals surface area contributed by atoms with Crippen LogP contribution in [0.5, 0.6) is 0 Å². The van der Waals surface area contributed by atoms with E-state index in [1.165, 1.54) is 24.2 Å². The predicted octanol–water partition coefficient (Wildman–Crippen LogP) is 1.75. The lowest BCUT2D eigenvalue weighted by molar-refractivity contribution is 0.132. The monoisotopic (exact) mass is 232 g/mol. The van der Waals surface area contributed by atoms with Crippen LogP contribution in [0.25, 0.3) is 0 Å². The molecule has 3 heteroatoms. The summed E-state index contributed by atoms with van der Waals surface area (Å²) in [5, 5.41) is 3.55. The number of rotatable bonds is 1. The van der Waals surface area contributed by atoms with Gasteiger partial charge in [-0.25, -0.2) is 0 Å². The van der Waals surface area contributed by atoms with E-state index in [1.807, 2.05) is 0 Å². The van der Waals surface area contributed by atoms with E-state index in [0.29, 0.717) is 6.04 Å². The average molecular weight is 232 g/mol. The van der Waals surface area contributed by atoms with Crippen LogP contribution in [0, 0.1) is 0 Å². The highest BCUT2D eigenvalue weighted by atomic mass is 16.5. The highest BCUT2D eigenvalue weighted by Crippen LogP contribution is 2.23. The molecule has 0 spiro atoms. The minimum Gasteiger partial charge on any atom is -0.383 e. The van der Waals surface area contributed by atoms with Gasteiger partial charge in [0.1, 0.15) is 0 Å². The Morgan fingerprint density at radius 1 is 1.18 bits per heavy atom. The van der Waals surface area contributed by atoms with Gasteiger partial charge < -0.3 is 10.1 Å². The number of fused-ring (bicyclic) bond motifs is 1. The molecule has 17 heavy (non-hydrogen) atoms. The average Bonchev–Trinajstić information content (AvgIpc) is 2.67. The summed E-state index contributed by atoms with van der Waals surface area (Å²) in [6.07, 6.45) is 2.33. The lowest BCUT2D eigenvalue weighted by atomic mass is 9.98. The van der Waals surface area contributed by atoms with Crippen molar-refractivity contribution in [2.24, 2.45) is 0 Å². The van der Waals surface area contributed by atoms with Crippen molar-refractivity contribution < 1.29 is 4.74 Å². The van der Waals surface area contributed by atoms with Gasteiger partial charge in [-0.05, 0) is 24.5 Å². The molecule has 0 bridgehead atoms. The fourth-order valence-corrected chi connectivity index (χ4v) is 2.81. The number of nitrogens with one attached hydrogen (secondary N) is 1.